The molecule has 0 saturated heterocycles. The van der Waals surface area contributed by atoms with Crippen molar-refractivity contribution in [3.63, 3.8) is 0 Å². The van der Waals surface area contributed by atoms with Gasteiger partial charge in [0.15, 0.2) is 0 Å². The number of hydrogen-bond donors (Lipinski definition) is 1. The number of nitriles is 1. The number of allylic oxidation sites excluding steroid dienone is 1. The van der Waals surface area contributed by atoms with Crippen LogP contribution in [-0.2, 0) is 10.2 Å². The summed E-state index contributed by atoms with van der Waals surface area (Å²) < 4.78 is 17.5. The minimum absolute atomic E-state index is 0.0165. The summed E-state index contributed by atoms with van der Waals surface area (Å²) in [5.74, 6) is 0.467. The maximum absolute atomic E-state index is 12.6. The molecule has 0 saturated carbocycles. The lowest BCUT2D eigenvalue weighted by atomic mass is 9.83. The third-order valence-corrected chi connectivity index (χ3v) is 6.83. The number of carbonyl (C=O) groups is 1. The van der Waals surface area contributed by atoms with Gasteiger partial charge in [0.2, 0.25) is 5.88 Å². The van der Waals surface area contributed by atoms with Gasteiger partial charge < -0.3 is 19.9 Å². The van der Waals surface area contributed by atoms with Gasteiger partial charge in [0.1, 0.15) is 28.9 Å². The Hall–Kier alpha value is -4.50. The van der Waals surface area contributed by atoms with Crippen LogP contribution in [0.15, 0.2) is 84.3 Å². The van der Waals surface area contributed by atoms with Gasteiger partial charge in [0, 0.05) is 23.3 Å². The average Bonchev–Trinajstić information content (AvgIpc) is 2.93. The number of nitrogens with zero attached hydrogens (tertiary/aromatic N) is 1. The van der Waals surface area contributed by atoms with Crippen molar-refractivity contribution in [3.05, 3.63) is 107 Å². The van der Waals surface area contributed by atoms with Crippen LogP contribution >= 0.6 is 0 Å². The number of para-hydroxylation sites is 1. The van der Waals surface area contributed by atoms with E-state index in [1.807, 2.05) is 36.4 Å². The van der Waals surface area contributed by atoms with Gasteiger partial charge in [-0.3, -0.25) is 0 Å². The van der Waals surface area contributed by atoms with Crippen LogP contribution in [0.1, 0.15) is 75.1 Å². The SMILES string of the molecule is CCCCCOc1ccccc1C1C(C#N)=C(N)Oc2cc(OC(=O)/C=C/c3ccc(C(C)(C)C)cc3)ccc21. The molecule has 1 heterocycles. The smallest absolute Gasteiger partial charge is 0.336 e. The van der Waals surface area contributed by atoms with Crippen molar-refractivity contribution < 1.29 is 19.0 Å². The van der Waals surface area contributed by atoms with E-state index in [1.165, 1.54) is 11.6 Å². The van der Waals surface area contributed by atoms with Crippen LogP contribution in [0.5, 0.6) is 17.2 Å². The molecule has 3 aromatic rings. The molecule has 206 valence electrons. The third kappa shape index (κ3) is 6.73. The van der Waals surface area contributed by atoms with Crippen LogP contribution in [0.2, 0.25) is 0 Å². The van der Waals surface area contributed by atoms with Crippen molar-refractivity contribution in [3.8, 4) is 23.3 Å². The first-order valence-corrected chi connectivity index (χ1v) is 13.6. The molecule has 0 spiro atoms. The van der Waals surface area contributed by atoms with E-state index < -0.39 is 11.9 Å². The summed E-state index contributed by atoms with van der Waals surface area (Å²) in [6.45, 7) is 9.21. The van der Waals surface area contributed by atoms with Gasteiger partial charge in [-0.05, 0) is 41.2 Å². The second-order valence-corrected chi connectivity index (χ2v) is 10.8. The fourth-order valence-electron chi connectivity index (χ4n) is 4.61. The van der Waals surface area contributed by atoms with Crippen LogP contribution < -0.4 is 19.9 Å². The fourth-order valence-corrected chi connectivity index (χ4v) is 4.61. The summed E-state index contributed by atoms with van der Waals surface area (Å²) in [4.78, 5) is 12.6. The molecular weight excluding hydrogens is 500 g/mol. The van der Waals surface area contributed by atoms with Crippen molar-refractivity contribution in [2.75, 3.05) is 6.61 Å². The van der Waals surface area contributed by atoms with Gasteiger partial charge in [-0.2, -0.15) is 5.26 Å². The molecule has 2 N–H and O–H groups in total. The zero-order valence-corrected chi connectivity index (χ0v) is 23.6. The molecule has 40 heavy (non-hydrogen) atoms. The predicted octanol–water partition coefficient (Wildman–Crippen LogP) is 7.39. The number of hydrogen-bond acceptors (Lipinski definition) is 6. The van der Waals surface area contributed by atoms with Crippen molar-refractivity contribution in [1.29, 1.82) is 5.26 Å². The number of esters is 1. The van der Waals surface area contributed by atoms with Crippen molar-refractivity contribution in [1.82, 2.24) is 0 Å². The van der Waals surface area contributed by atoms with Crippen LogP contribution in [0.3, 0.4) is 0 Å². The molecule has 0 radical (unpaired) electrons. The highest BCUT2D eigenvalue weighted by Gasteiger charge is 2.33. The summed E-state index contributed by atoms with van der Waals surface area (Å²) >= 11 is 0. The Labute approximate surface area is 236 Å². The van der Waals surface area contributed by atoms with Crippen LogP contribution in [-0.4, -0.2) is 12.6 Å². The first-order chi connectivity index (χ1) is 19.2. The Morgan fingerprint density at radius 2 is 1.80 bits per heavy atom. The molecule has 0 amide bonds. The van der Waals surface area contributed by atoms with E-state index in [-0.39, 0.29) is 11.3 Å². The second-order valence-electron chi connectivity index (χ2n) is 10.8. The summed E-state index contributed by atoms with van der Waals surface area (Å²) in [5.41, 5.74) is 10.3. The van der Waals surface area contributed by atoms with Crippen LogP contribution in [0.4, 0.5) is 0 Å². The maximum Gasteiger partial charge on any atom is 0.336 e. The summed E-state index contributed by atoms with van der Waals surface area (Å²) in [7, 11) is 0. The monoisotopic (exact) mass is 536 g/mol. The zero-order valence-electron chi connectivity index (χ0n) is 23.6. The van der Waals surface area contributed by atoms with Gasteiger partial charge in [-0.25, -0.2) is 4.79 Å². The predicted molar refractivity (Wildman–Crippen MR) is 157 cm³/mol. The lowest BCUT2D eigenvalue weighted by Crippen LogP contribution is -2.21. The van der Waals surface area contributed by atoms with E-state index >= 15 is 0 Å². The first-order valence-electron chi connectivity index (χ1n) is 13.6. The van der Waals surface area contributed by atoms with Crippen molar-refractivity contribution in [2.24, 2.45) is 5.73 Å². The normalized spacial score (nSPS) is 14.8. The number of benzene rings is 3. The molecule has 1 unspecified atom stereocenters. The highest BCUT2D eigenvalue weighted by atomic mass is 16.5. The van der Waals surface area contributed by atoms with E-state index in [2.05, 4.69) is 45.9 Å². The number of ether oxygens (including phenoxy) is 3. The average molecular weight is 537 g/mol. The maximum atomic E-state index is 12.6. The third-order valence-electron chi connectivity index (χ3n) is 6.83. The van der Waals surface area contributed by atoms with Gasteiger partial charge >= 0.3 is 5.97 Å². The largest absolute Gasteiger partial charge is 0.493 e. The van der Waals surface area contributed by atoms with Gasteiger partial charge in [-0.15, -0.1) is 0 Å². The molecule has 0 fully saturated rings. The lowest BCUT2D eigenvalue weighted by molar-refractivity contribution is -0.128. The van der Waals surface area contributed by atoms with E-state index in [0.29, 0.717) is 29.4 Å². The Balaban J connectivity index is 1.55. The Morgan fingerprint density at radius 1 is 1.05 bits per heavy atom. The highest BCUT2D eigenvalue weighted by molar-refractivity contribution is 5.88. The standard InChI is InChI=1S/C34H36N2O4/c1-5-6-9-20-38-29-11-8-7-10-26(29)32-27-18-17-25(21-30(27)40-33(36)28(32)22-35)39-31(37)19-14-23-12-15-24(16-13-23)34(2,3)4/h7-8,10-19,21,32H,5-6,9,20,36H2,1-4H3/b19-14+. The Kier molecular flexibility index (Phi) is 8.96. The summed E-state index contributed by atoms with van der Waals surface area (Å²) in [6, 6.07) is 23.1. The number of fused-ring (bicyclic) bond motifs is 1. The number of nitrogens with two attached hydrogens (primary N) is 1. The van der Waals surface area contributed by atoms with Gasteiger partial charge in [-0.1, -0.05) is 89.1 Å². The van der Waals surface area contributed by atoms with Gasteiger partial charge in [0.25, 0.3) is 0 Å². The minimum Gasteiger partial charge on any atom is -0.493 e. The molecule has 1 aliphatic heterocycles. The van der Waals surface area contributed by atoms with Crippen LogP contribution in [0, 0.1) is 11.3 Å². The number of carbonyl (C=O) groups excluding carboxylic acids is 1. The molecule has 6 nitrogen and oxygen atoms in total. The quantitative estimate of drug-likeness (QED) is 0.133. The van der Waals surface area contributed by atoms with Crippen molar-refractivity contribution in [2.45, 2.75) is 58.3 Å². The summed E-state index contributed by atoms with van der Waals surface area (Å²) in [6.07, 6.45) is 6.24. The fraction of sp³-hybridized carbons (Fsp3) is 0.294. The topological polar surface area (TPSA) is 94.6 Å². The molecule has 0 aromatic heterocycles. The Morgan fingerprint density at radius 3 is 2.50 bits per heavy atom. The molecule has 1 aliphatic rings. The Bertz CT molecular complexity index is 1460. The van der Waals surface area contributed by atoms with Gasteiger partial charge in [0.05, 0.1) is 12.5 Å². The van der Waals surface area contributed by atoms with Crippen LogP contribution in [0.25, 0.3) is 6.08 Å². The molecule has 4 rings (SSSR count). The molecule has 0 bridgehead atoms. The zero-order chi connectivity index (χ0) is 28.7. The summed E-state index contributed by atoms with van der Waals surface area (Å²) in [5, 5.41) is 9.95. The number of rotatable bonds is 9. The molecular formula is C34H36N2O4. The number of unbranched alkanes of at least 4 members (excludes halogenated alkanes) is 2. The van der Waals surface area contributed by atoms with E-state index in [4.69, 9.17) is 19.9 Å². The van der Waals surface area contributed by atoms with E-state index in [9.17, 15) is 10.1 Å². The van der Waals surface area contributed by atoms with Crippen molar-refractivity contribution >= 4 is 12.0 Å². The lowest BCUT2D eigenvalue weighted by Gasteiger charge is -2.28. The highest BCUT2D eigenvalue weighted by Crippen LogP contribution is 2.46. The molecule has 0 aliphatic carbocycles. The minimum atomic E-state index is -0.515. The van der Waals surface area contributed by atoms with E-state index in [0.717, 1.165) is 36.0 Å². The van der Waals surface area contributed by atoms with E-state index in [1.54, 1.807) is 24.3 Å². The second kappa shape index (κ2) is 12.6. The molecule has 1 atom stereocenters. The molecule has 6 heteroatoms. The first kappa shape index (κ1) is 28.5. The molecule has 3 aromatic carbocycles.